The van der Waals surface area contributed by atoms with Crippen molar-refractivity contribution in [3.8, 4) is 0 Å². The summed E-state index contributed by atoms with van der Waals surface area (Å²) in [5.74, 6) is 0.334. The number of amides is 1. The van der Waals surface area contributed by atoms with E-state index in [1.54, 1.807) is 4.68 Å². The fraction of sp³-hybridized carbons (Fsp3) is 0.615. The van der Waals surface area contributed by atoms with Crippen LogP contribution in [0.25, 0.3) is 0 Å². The topological polar surface area (TPSA) is 64.2 Å². The molecule has 0 aromatic carbocycles. The number of thiocarbonyl (C=S) groups is 1. The molecule has 2 N–H and O–H groups in total. The van der Waals surface area contributed by atoms with Crippen LogP contribution in [0.1, 0.15) is 35.9 Å². The summed E-state index contributed by atoms with van der Waals surface area (Å²) in [5, 5.41) is 4.32. The van der Waals surface area contributed by atoms with Gasteiger partial charge in [-0.05, 0) is 32.8 Å². The second kappa shape index (κ2) is 5.69. The van der Waals surface area contributed by atoms with Crippen LogP contribution in [-0.2, 0) is 6.54 Å². The van der Waals surface area contributed by atoms with Gasteiger partial charge >= 0.3 is 0 Å². The second-order valence-corrected chi connectivity index (χ2v) is 5.43. The van der Waals surface area contributed by atoms with Gasteiger partial charge in [-0.1, -0.05) is 12.2 Å². The first-order valence-corrected chi connectivity index (χ1v) is 7.06. The van der Waals surface area contributed by atoms with Gasteiger partial charge in [-0.15, -0.1) is 0 Å². The van der Waals surface area contributed by atoms with Crippen LogP contribution in [0.2, 0.25) is 0 Å². The Hall–Kier alpha value is -1.43. The van der Waals surface area contributed by atoms with E-state index in [2.05, 4.69) is 5.10 Å². The Balaban J connectivity index is 2.07. The molecule has 19 heavy (non-hydrogen) atoms. The molecule has 0 unspecified atom stereocenters. The average Bonchev–Trinajstić information content (AvgIpc) is 2.79. The lowest BCUT2D eigenvalue weighted by molar-refractivity contribution is 0.0698. The molecule has 0 saturated carbocycles. The van der Waals surface area contributed by atoms with Gasteiger partial charge in [0.25, 0.3) is 5.91 Å². The number of rotatable bonds is 3. The van der Waals surface area contributed by atoms with Crippen molar-refractivity contribution < 1.29 is 4.79 Å². The molecule has 104 valence electrons. The maximum Gasteiger partial charge on any atom is 0.272 e. The van der Waals surface area contributed by atoms with Gasteiger partial charge in [0.1, 0.15) is 5.69 Å². The van der Waals surface area contributed by atoms with Gasteiger partial charge in [-0.3, -0.25) is 9.48 Å². The number of carbonyl (C=O) groups is 1. The molecule has 1 fully saturated rings. The van der Waals surface area contributed by atoms with Crippen LogP contribution in [0.4, 0.5) is 0 Å². The Morgan fingerprint density at radius 3 is 2.68 bits per heavy atom. The summed E-state index contributed by atoms with van der Waals surface area (Å²) < 4.78 is 1.76. The molecule has 1 aromatic heterocycles. The number of hydrogen-bond acceptors (Lipinski definition) is 3. The van der Waals surface area contributed by atoms with Crippen molar-refractivity contribution in [3.05, 3.63) is 17.5 Å². The van der Waals surface area contributed by atoms with Gasteiger partial charge in [0.15, 0.2) is 0 Å². The molecule has 6 heteroatoms. The van der Waals surface area contributed by atoms with E-state index in [9.17, 15) is 4.79 Å². The number of likely N-dealkylation sites (tertiary alicyclic amines) is 1. The van der Waals surface area contributed by atoms with Crippen molar-refractivity contribution in [3.63, 3.8) is 0 Å². The normalized spacial score (nSPS) is 16.6. The molecule has 2 rings (SSSR count). The van der Waals surface area contributed by atoms with Crippen molar-refractivity contribution in [2.75, 3.05) is 13.1 Å². The highest BCUT2D eigenvalue weighted by molar-refractivity contribution is 7.80. The molecule has 5 nitrogen and oxygen atoms in total. The number of hydrogen-bond donors (Lipinski definition) is 1. The molecule has 0 aliphatic carbocycles. The number of nitrogens with two attached hydrogens (primary N) is 1. The van der Waals surface area contributed by atoms with E-state index in [1.807, 2.05) is 24.8 Å². The summed E-state index contributed by atoms with van der Waals surface area (Å²) in [6.45, 7) is 6.03. The van der Waals surface area contributed by atoms with Gasteiger partial charge in [0.2, 0.25) is 0 Å². The first-order valence-electron chi connectivity index (χ1n) is 6.66. The highest BCUT2D eigenvalue weighted by Gasteiger charge is 2.26. The smallest absolute Gasteiger partial charge is 0.272 e. The third kappa shape index (κ3) is 2.94. The summed E-state index contributed by atoms with van der Waals surface area (Å²) in [4.78, 5) is 14.9. The predicted molar refractivity (Wildman–Crippen MR) is 78.1 cm³/mol. The minimum Gasteiger partial charge on any atom is -0.393 e. The molecule has 1 aromatic rings. The number of aromatic nitrogens is 2. The minimum absolute atomic E-state index is 0.0591. The van der Waals surface area contributed by atoms with Gasteiger partial charge in [0.05, 0.1) is 10.7 Å². The highest BCUT2D eigenvalue weighted by Crippen LogP contribution is 2.19. The fourth-order valence-electron chi connectivity index (χ4n) is 2.49. The van der Waals surface area contributed by atoms with Crippen molar-refractivity contribution in [1.82, 2.24) is 14.7 Å². The van der Waals surface area contributed by atoms with Gasteiger partial charge in [-0.25, -0.2) is 0 Å². The molecule has 1 saturated heterocycles. The molecule has 0 bridgehead atoms. The Bertz CT molecular complexity index is 489. The van der Waals surface area contributed by atoms with Crippen LogP contribution in [0.5, 0.6) is 0 Å². The molecule has 1 aliphatic rings. The zero-order valence-electron chi connectivity index (χ0n) is 11.4. The minimum atomic E-state index is 0.0591. The van der Waals surface area contributed by atoms with Gasteiger partial charge < -0.3 is 10.6 Å². The number of nitrogens with zero attached hydrogens (tertiary/aromatic N) is 3. The number of aryl methyl sites for hydroxylation is 2. The largest absolute Gasteiger partial charge is 0.393 e. The van der Waals surface area contributed by atoms with Crippen LogP contribution in [0, 0.1) is 12.8 Å². The second-order valence-electron chi connectivity index (χ2n) is 4.96. The van der Waals surface area contributed by atoms with Gasteiger partial charge in [0, 0.05) is 25.6 Å². The molecule has 0 atom stereocenters. The van der Waals surface area contributed by atoms with E-state index in [0.717, 1.165) is 31.6 Å². The van der Waals surface area contributed by atoms with E-state index in [1.165, 1.54) is 0 Å². The zero-order valence-corrected chi connectivity index (χ0v) is 12.2. The summed E-state index contributed by atoms with van der Waals surface area (Å²) in [5.41, 5.74) is 7.22. The Labute approximate surface area is 118 Å². The molecule has 0 spiro atoms. The summed E-state index contributed by atoms with van der Waals surface area (Å²) in [6, 6.07) is 1.85. The maximum absolute atomic E-state index is 12.5. The quantitative estimate of drug-likeness (QED) is 0.849. The molecular formula is C13H20N4OS. The molecule has 0 radical (unpaired) electrons. The van der Waals surface area contributed by atoms with Crippen molar-refractivity contribution in [1.29, 1.82) is 0 Å². The standard InChI is InChI=1S/C13H20N4OS/c1-3-17-11(8-9(2)15-17)13(18)16-6-4-10(5-7-16)12(14)19/h8,10H,3-7H2,1-2H3,(H2,14,19). The van der Waals surface area contributed by atoms with Crippen LogP contribution >= 0.6 is 12.2 Å². The van der Waals surface area contributed by atoms with E-state index in [0.29, 0.717) is 17.2 Å². The Morgan fingerprint density at radius 1 is 1.53 bits per heavy atom. The van der Waals surface area contributed by atoms with Crippen molar-refractivity contribution >= 4 is 23.1 Å². The Morgan fingerprint density at radius 2 is 2.16 bits per heavy atom. The van der Waals surface area contributed by atoms with E-state index < -0.39 is 0 Å². The van der Waals surface area contributed by atoms with Gasteiger partial charge in [-0.2, -0.15) is 5.10 Å². The van der Waals surface area contributed by atoms with Crippen molar-refractivity contribution in [2.45, 2.75) is 33.2 Å². The average molecular weight is 280 g/mol. The highest BCUT2D eigenvalue weighted by atomic mass is 32.1. The predicted octanol–water partition coefficient (Wildman–Crippen LogP) is 1.35. The van der Waals surface area contributed by atoms with E-state index in [4.69, 9.17) is 18.0 Å². The third-order valence-electron chi connectivity index (χ3n) is 3.61. The lowest BCUT2D eigenvalue weighted by Crippen LogP contribution is -2.42. The summed E-state index contributed by atoms with van der Waals surface area (Å²) >= 11 is 5.02. The zero-order chi connectivity index (χ0) is 14.0. The van der Waals surface area contributed by atoms with Crippen molar-refractivity contribution in [2.24, 2.45) is 11.7 Å². The summed E-state index contributed by atoms with van der Waals surface area (Å²) in [7, 11) is 0. The van der Waals surface area contributed by atoms with E-state index in [-0.39, 0.29) is 11.8 Å². The SMILES string of the molecule is CCn1nc(C)cc1C(=O)N1CCC(C(N)=S)CC1. The fourth-order valence-corrected chi connectivity index (χ4v) is 2.72. The number of carbonyl (C=O) groups excluding carboxylic acids is 1. The molecular weight excluding hydrogens is 260 g/mol. The monoisotopic (exact) mass is 280 g/mol. The number of piperidine rings is 1. The van der Waals surface area contributed by atoms with Crippen LogP contribution in [0.3, 0.4) is 0 Å². The first kappa shape index (κ1) is 14.0. The van der Waals surface area contributed by atoms with E-state index >= 15 is 0 Å². The lowest BCUT2D eigenvalue weighted by atomic mass is 9.97. The molecule has 1 aliphatic heterocycles. The van der Waals surface area contributed by atoms with Crippen LogP contribution < -0.4 is 5.73 Å². The first-order chi connectivity index (χ1) is 9.02. The van der Waals surface area contributed by atoms with Crippen LogP contribution in [0.15, 0.2) is 6.07 Å². The summed E-state index contributed by atoms with van der Waals surface area (Å²) in [6.07, 6.45) is 1.72. The van der Waals surface area contributed by atoms with Crippen LogP contribution in [-0.4, -0.2) is 38.7 Å². The molecule has 1 amide bonds. The third-order valence-corrected chi connectivity index (χ3v) is 3.94. The lowest BCUT2D eigenvalue weighted by Gasteiger charge is -2.31. The molecule has 2 heterocycles. The maximum atomic E-state index is 12.5. The Kier molecular flexibility index (Phi) is 4.19.